The molecule has 1 amide bonds. The lowest BCUT2D eigenvalue weighted by atomic mass is 9.80. The second kappa shape index (κ2) is 11.9. The summed E-state index contributed by atoms with van der Waals surface area (Å²) in [6.45, 7) is 2.11. The average molecular weight is 545 g/mol. The zero-order valence-electron chi connectivity index (χ0n) is 23.5. The first-order valence-corrected chi connectivity index (χ1v) is 13.8. The van der Waals surface area contributed by atoms with Gasteiger partial charge in [-0.15, -0.1) is 0 Å². The van der Waals surface area contributed by atoms with Crippen LogP contribution in [0.5, 0.6) is 17.2 Å². The number of methoxy groups -OCH3 is 3. The van der Waals surface area contributed by atoms with E-state index in [0.29, 0.717) is 41.2 Å². The van der Waals surface area contributed by atoms with Crippen LogP contribution in [0.1, 0.15) is 68.7 Å². The normalized spacial score (nSPS) is 18.4. The van der Waals surface area contributed by atoms with Gasteiger partial charge in [-0.05, 0) is 54.8 Å². The van der Waals surface area contributed by atoms with Crippen molar-refractivity contribution in [2.45, 2.75) is 57.4 Å². The molecule has 8 heteroatoms. The molecule has 0 saturated carbocycles. The Labute approximate surface area is 234 Å². The lowest BCUT2D eigenvalue weighted by Crippen LogP contribution is -2.38. The van der Waals surface area contributed by atoms with E-state index in [4.69, 9.17) is 18.6 Å². The SMILES string of the molecule is CCCCCC(=O)N1c2ccccc2NC2=C(C(=O)C[C@@H](c3ccco3)C2)[C@@H]1c1cc(OC)c(OC)c(OC)c1. The first-order chi connectivity index (χ1) is 19.5. The number of allylic oxidation sites excluding steroid dienone is 1. The molecule has 40 heavy (non-hydrogen) atoms. The summed E-state index contributed by atoms with van der Waals surface area (Å²) in [4.78, 5) is 30.0. The molecule has 8 nitrogen and oxygen atoms in total. The number of fused-ring (bicyclic) bond motifs is 1. The number of nitrogens with zero attached hydrogens (tertiary/aromatic N) is 1. The van der Waals surface area contributed by atoms with Crippen LogP contribution < -0.4 is 24.4 Å². The van der Waals surface area contributed by atoms with E-state index in [1.165, 1.54) is 0 Å². The van der Waals surface area contributed by atoms with Gasteiger partial charge < -0.3 is 23.9 Å². The summed E-state index contributed by atoms with van der Waals surface area (Å²) in [6.07, 6.45) is 5.58. The summed E-state index contributed by atoms with van der Waals surface area (Å²) >= 11 is 0. The number of rotatable bonds is 9. The molecular formula is C32H36N2O6. The van der Waals surface area contributed by atoms with E-state index < -0.39 is 6.04 Å². The molecule has 2 heterocycles. The fourth-order valence-corrected chi connectivity index (χ4v) is 5.81. The standard InChI is InChI=1S/C32H36N2O6/c1-5-6-7-14-29(36)34-24-12-9-8-11-22(24)33-23-16-20(26-13-10-15-40-26)17-25(35)30(23)31(34)21-18-27(37-2)32(39-4)28(19-21)38-3/h8-13,15,18-20,31,33H,5-7,14,16-17H2,1-4H3/t20-,31-/m0/s1. The number of carbonyl (C=O) groups is 2. The Hall–Kier alpha value is -4.20. The van der Waals surface area contributed by atoms with Gasteiger partial charge in [-0.2, -0.15) is 0 Å². The van der Waals surface area contributed by atoms with E-state index >= 15 is 0 Å². The molecule has 3 aromatic rings. The van der Waals surface area contributed by atoms with E-state index in [-0.39, 0.29) is 24.0 Å². The third-order valence-corrected chi connectivity index (χ3v) is 7.70. The molecule has 2 aliphatic rings. The van der Waals surface area contributed by atoms with Crippen LogP contribution in [0, 0.1) is 0 Å². The number of furan rings is 1. The molecule has 210 valence electrons. The average Bonchev–Trinajstić information content (AvgIpc) is 3.46. The zero-order valence-corrected chi connectivity index (χ0v) is 23.5. The number of hydrogen-bond donors (Lipinski definition) is 1. The van der Waals surface area contributed by atoms with Crippen LogP contribution in [0.4, 0.5) is 11.4 Å². The maximum atomic E-state index is 14.1. The van der Waals surface area contributed by atoms with Gasteiger partial charge in [-0.1, -0.05) is 31.9 Å². The second-order valence-corrected chi connectivity index (χ2v) is 10.2. The number of hydrogen-bond acceptors (Lipinski definition) is 7. The second-order valence-electron chi connectivity index (χ2n) is 10.2. The van der Waals surface area contributed by atoms with Gasteiger partial charge in [0.15, 0.2) is 17.3 Å². The van der Waals surface area contributed by atoms with Gasteiger partial charge in [0.05, 0.1) is 45.0 Å². The quantitative estimate of drug-likeness (QED) is 0.297. The van der Waals surface area contributed by atoms with Crippen molar-refractivity contribution in [2.24, 2.45) is 0 Å². The molecular weight excluding hydrogens is 508 g/mol. The highest BCUT2D eigenvalue weighted by Gasteiger charge is 2.42. The van der Waals surface area contributed by atoms with E-state index in [2.05, 4.69) is 12.2 Å². The number of nitrogens with one attached hydrogen (secondary N) is 1. The highest BCUT2D eigenvalue weighted by Crippen LogP contribution is 2.50. The Kier molecular flexibility index (Phi) is 8.14. The Balaban J connectivity index is 1.74. The molecule has 1 N–H and O–H groups in total. The molecule has 0 spiro atoms. The minimum absolute atomic E-state index is 0.0342. The number of ketones is 1. The number of anilines is 2. The van der Waals surface area contributed by atoms with Crippen molar-refractivity contribution in [2.75, 3.05) is 31.5 Å². The number of unbranched alkanes of at least 4 members (excludes halogenated alkanes) is 2. The highest BCUT2D eigenvalue weighted by atomic mass is 16.5. The summed E-state index contributed by atoms with van der Waals surface area (Å²) < 4.78 is 22.6. The molecule has 0 bridgehead atoms. The first-order valence-electron chi connectivity index (χ1n) is 13.8. The maximum Gasteiger partial charge on any atom is 0.227 e. The molecule has 1 aliphatic carbocycles. The van der Waals surface area contributed by atoms with Crippen molar-refractivity contribution in [1.29, 1.82) is 0 Å². The van der Waals surface area contributed by atoms with Crippen LogP contribution in [-0.2, 0) is 9.59 Å². The largest absolute Gasteiger partial charge is 0.493 e. The van der Waals surface area contributed by atoms with E-state index in [0.717, 1.165) is 42.1 Å². The van der Waals surface area contributed by atoms with Gasteiger partial charge in [0.25, 0.3) is 0 Å². The van der Waals surface area contributed by atoms with Crippen molar-refractivity contribution in [1.82, 2.24) is 0 Å². The first kappa shape index (κ1) is 27.4. The molecule has 0 radical (unpaired) electrons. The topological polar surface area (TPSA) is 90.2 Å². The van der Waals surface area contributed by atoms with Crippen LogP contribution in [0.15, 0.2) is 70.5 Å². The van der Waals surface area contributed by atoms with Crippen molar-refractivity contribution < 1.29 is 28.2 Å². The van der Waals surface area contributed by atoms with Crippen LogP contribution in [-0.4, -0.2) is 33.0 Å². The van der Waals surface area contributed by atoms with Gasteiger partial charge in [-0.25, -0.2) is 0 Å². The fraction of sp³-hybridized carbons (Fsp3) is 0.375. The van der Waals surface area contributed by atoms with Crippen LogP contribution >= 0.6 is 0 Å². The van der Waals surface area contributed by atoms with E-state index in [9.17, 15) is 9.59 Å². The minimum atomic E-state index is -0.695. The Morgan fingerprint density at radius 1 is 1.00 bits per heavy atom. The minimum Gasteiger partial charge on any atom is -0.493 e. The lowest BCUT2D eigenvalue weighted by molar-refractivity contribution is -0.119. The summed E-state index contributed by atoms with van der Waals surface area (Å²) in [7, 11) is 4.67. The molecule has 0 unspecified atom stereocenters. The third kappa shape index (κ3) is 5.06. The zero-order chi connectivity index (χ0) is 28.2. The molecule has 0 fully saturated rings. The lowest BCUT2D eigenvalue weighted by Gasteiger charge is -2.35. The number of amides is 1. The van der Waals surface area contributed by atoms with Crippen LogP contribution in [0.2, 0.25) is 0 Å². The van der Waals surface area contributed by atoms with Gasteiger partial charge in [-0.3, -0.25) is 14.5 Å². The Morgan fingerprint density at radius 3 is 2.40 bits per heavy atom. The van der Waals surface area contributed by atoms with Crippen molar-refractivity contribution >= 4 is 23.1 Å². The van der Waals surface area contributed by atoms with Crippen LogP contribution in [0.25, 0.3) is 0 Å². The molecule has 2 aromatic carbocycles. The summed E-state index contributed by atoms with van der Waals surface area (Å²) in [6, 6.07) is 14.5. The molecule has 0 saturated heterocycles. The Morgan fingerprint density at radius 2 is 1.75 bits per heavy atom. The monoisotopic (exact) mass is 544 g/mol. The number of Topliss-reactive ketones (excluding diaryl/α,β-unsaturated/α-hetero) is 1. The van der Waals surface area contributed by atoms with E-state index in [1.54, 1.807) is 32.5 Å². The van der Waals surface area contributed by atoms with Gasteiger partial charge >= 0.3 is 0 Å². The number of para-hydroxylation sites is 2. The van der Waals surface area contributed by atoms with Gasteiger partial charge in [0.1, 0.15) is 5.76 Å². The van der Waals surface area contributed by atoms with Gasteiger partial charge in [0.2, 0.25) is 11.7 Å². The predicted molar refractivity (Wildman–Crippen MR) is 153 cm³/mol. The highest BCUT2D eigenvalue weighted by molar-refractivity contribution is 6.06. The maximum absolute atomic E-state index is 14.1. The molecule has 5 rings (SSSR count). The predicted octanol–water partition coefficient (Wildman–Crippen LogP) is 6.79. The summed E-state index contributed by atoms with van der Waals surface area (Å²) in [5, 5.41) is 3.55. The summed E-state index contributed by atoms with van der Waals surface area (Å²) in [5.41, 5.74) is 3.56. The van der Waals surface area contributed by atoms with Crippen molar-refractivity contribution in [3.63, 3.8) is 0 Å². The number of carbonyl (C=O) groups excluding carboxylic acids is 2. The number of benzene rings is 2. The summed E-state index contributed by atoms with van der Waals surface area (Å²) in [5.74, 6) is 1.96. The van der Waals surface area contributed by atoms with Crippen LogP contribution in [0.3, 0.4) is 0 Å². The van der Waals surface area contributed by atoms with Gasteiger partial charge in [0, 0.05) is 30.0 Å². The van der Waals surface area contributed by atoms with E-state index in [1.807, 2.05) is 48.5 Å². The smallest absolute Gasteiger partial charge is 0.227 e. The number of ether oxygens (including phenoxy) is 3. The van der Waals surface area contributed by atoms with Crippen molar-refractivity contribution in [3.05, 3.63) is 77.4 Å². The molecule has 2 atom stereocenters. The van der Waals surface area contributed by atoms with Crippen molar-refractivity contribution in [3.8, 4) is 17.2 Å². The Bertz CT molecular complexity index is 1390. The third-order valence-electron chi connectivity index (χ3n) is 7.70. The fourth-order valence-electron chi connectivity index (χ4n) is 5.81. The molecule has 1 aromatic heterocycles. The molecule has 1 aliphatic heterocycles.